The molecule has 0 saturated heterocycles. The van der Waals surface area contributed by atoms with Crippen LogP contribution in [0, 0.1) is 0 Å². The fourth-order valence-corrected chi connectivity index (χ4v) is 4.22. The van der Waals surface area contributed by atoms with Gasteiger partial charge in [0.25, 0.3) is 0 Å². The van der Waals surface area contributed by atoms with E-state index >= 15 is 0 Å². The van der Waals surface area contributed by atoms with Gasteiger partial charge in [-0.15, -0.1) is 0 Å². The van der Waals surface area contributed by atoms with Gasteiger partial charge in [-0.05, 0) is 26.0 Å². The van der Waals surface area contributed by atoms with E-state index in [2.05, 4.69) is 5.09 Å². The summed E-state index contributed by atoms with van der Waals surface area (Å²) in [5.41, 5.74) is -1.16. The second kappa shape index (κ2) is 8.48. The molecule has 0 spiro atoms. The topological polar surface area (TPSA) is 64.6 Å². The Hall–Kier alpha value is -0.140. The molecule has 0 fully saturated rings. The molecule has 0 aromatic heterocycles. The van der Waals surface area contributed by atoms with E-state index in [0.717, 1.165) is 0 Å². The summed E-state index contributed by atoms with van der Waals surface area (Å²) in [6.45, 7) is 0.0401. The number of hydrogen-bond acceptors (Lipinski definition) is 4. The molecule has 0 bridgehead atoms. The molecule has 0 saturated carbocycles. The summed E-state index contributed by atoms with van der Waals surface area (Å²) in [6.07, 6.45) is 0.601. The molecule has 1 rings (SSSR count). The van der Waals surface area contributed by atoms with E-state index in [1.54, 1.807) is 30.3 Å². The van der Waals surface area contributed by atoms with Crippen molar-refractivity contribution in [2.45, 2.75) is 25.5 Å². The molecule has 0 heterocycles. The van der Waals surface area contributed by atoms with E-state index in [9.17, 15) is 9.36 Å². The van der Waals surface area contributed by atoms with E-state index in [-0.39, 0.29) is 12.7 Å². The molecule has 0 amide bonds. The van der Waals surface area contributed by atoms with Crippen LogP contribution in [0.25, 0.3) is 0 Å². The van der Waals surface area contributed by atoms with Gasteiger partial charge in [-0.2, -0.15) is 0 Å². The number of carbonyl (C=O) groups excluding carboxylic acids is 1. The first-order valence-electron chi connectivity index (χ1n) is 6.30. The van der Waals surface area contributed by atoms with Crippen LogP contribution in [0.3, 0.4) is 0 Å². The highest BCUT2D eigenvalue weighted by Crippen LogP contribution is 2.49. The fourth-order valence-electron chi connectivity index (χ4n) is 1.41. The summed E-state index contributed by atoms with van der Waals surface area (Å²) >= 11 is 7.94. The van der Waals surface area contributed by atoms with Crippen LogP contribution < -0.4 is 9.61 Å². The lowest BCUT2D eigenvalue weighted by Gasteiger charge is -2.29. The third kappa shape index (κ3) is 6.65. The van der Waals surface area contributed by atoms with Crippen molar-refractivity contribution < 1.29 is 18.6 Å². The number of aldehydes is 1. The van der Waals surface area contributed by atoms with Gasteiger partial charge in [0.1, 0.15) is 17.6 Å². The number of halogens is 2. The summed E-state index contributed by atoms with van der Waals surface area (Å²) in [4.78, 5) is 11.4. The van der Waals surface area contributed by atoms with E-state index in [1.165, 1.54) is 0 Å². The summed E-state index contributed by atoms with van der Waals surface area (Å²) < 4.78 is 23.4. The lowest BCUT2D eigenvalue weighted by molar-refractivity contribution is -0.114. The predicted molar refractivity (Wildman–Crippen MR) is 92.4 cm³/mol. The maximum absolute atomic E-state index is 12.4. The zero-order chi connectivity index (χ0) is 15.9. The molecule has 2 atom stereocenters. The quantitative estimate of drug-likeness (QED) is 0.271. The van der Waals surface area contributed by atoms with E-state index in [0.29, 0.717) is 16.5 Å². The van der Waals surface area contributed by atoms with Crippen molar-refractivity contribution in [2.24, 2.45) is 0 Å². The lowest BCUT2D eigenvalue weighted by Crippen LogP contribution is -2.51. The molecule has 118 valence electrons. The minimum absolute atomic E-state index is 0.0566. The molecule has 8 heteroatoms. The Morgan fingerprint density at radius 3 is 2.52 bits per heavy atom. The monoisotopic (exact) mass is 445 g/mol. The second-order valence-electron chi connectivity index (χ2n) is 4.76. The van der Waals surface area contributed by atoms with Gasteiger partial charge in [0.15, 0.2) is 0 Å². The summed E-state index contributed by atoms with van der Waals surface area (Å²) in [7, 11) is 0. The van der Waals surface area contributed by atoms with Gasteiger partial charge in [0.05, 0.1) is 12.7 Å². The Bertz CT molecular complexity index is 502. The van der Waals surface area contributed by atoms with Crippen LogP contribution in [-0.2, 0) is 14.1 Å². The van der Waals surface area contributed by atoms with Gasteiger partial charge in [-0.25, -0.2) is 9.65 Å². The van der Waals surface area contributed by atoms with Crippen molar-refractivity contribution >= 4 is 47.0 Å². The van der Waals surface area contributed by atoms with Gasteiger partial charge < -0.3 is 14.1 Å². The zero-order valence-corrected chi connectivity index (χ0v) is 15.6. The molecule has 0 aliphatic rings. The summed E-state index contributed by atoms with van der Waals surface area (Å²) in [5.74, 6) is 0.362. The molecule has 0 aliphatic heterocycles. The number of hydrogen-bond donors (Lipinski definition) is 1. The number of ether oxygens (including phenoxy) is 1. The molecule has 1 aromatic rings. The third-order valence-corrected chi connectivity index (χ3v) is 5.44. The van der Waals surface area contributed by atoms with Gasteiger partial charge in [0, 0.05) is 15.7 Å². The highest BCUT2D eigenvalue weighted by Gasteiger charge is 2.38. The average Bonchev–Trinajstić information content (AvgIpc) is 2.44. The molecule has 1 aromatic carbocycles. The van der Waals surface area contributed by atoms with Crippen LogP contribution in [0.2, 0.25) is 0 Å². The first-order chi connectivity index (χ1) is 9.82. The summed E-state index contributed by atoms with van der Waals surface area (Å²) in [5, 5.41) is 2.61. The number of rotatable bonds is 9. The van der Waals surface area contributed by atoms with Crippen LogP contribution >= 0.6 is 40.7 Å². The minimum atomic E-state index is -3.72. The number of para-hydroxylation sites is 1. The highest BCUT2D eigenvalue weighted by molar-refractivity contribution is 14.1. The SMILES string of the molecule is CC(C)OC[C@@](C=O)(CI)NP(=O)(Cl)Oc1ccccc1. The van der Waals surface area contributed by atoms with Crippen molar-refractivity contribution in [3.8, 4) is 5.75 Å². The molecular weight excluding hydrogens is 427 g/mol. The molecule has 5 nitrogen and oxygen atoms in total. The van der Waals surface area contributed by atoms with E-state index in [4.69, 9.17) is 20.5 Å². The maximum Gasteiger partial charge on any atom is 0.410 e. The number of nitrogens with one attached hydrogen (secondary N) is 1. The average molecular weight is 446 g/mol. The van der Waals surface area contributed by atoms with Gasteiger partial charge in [0.2, 0.25) is 0 Å². The minimum Gasteiger partial charge on any atom is -0.422 e. The lowest BCUT2D eigenvalue weighted by atomic mass is 10.1. The van der Waals surface area contributed by atoms with Crippen molar-refractivity contribution in [3.05, 3.63) is 30.3 Å². The van der Waals surface area contributed by atoms with Crippen molar-refractivity contribution in [1.29, 1.82) is 0 Å². The van der Waals surface area contributed by atoms with E-state index < -0.39 is 12.4 Å². The molecule has 1 unspecified atom stereocenters. The van der Waals surface area contributed by atoms with Crippen LogP contribution in [0.1, 0.15) is 13.8 Å². The van der Waals surface area contributed by atoms with Crippen molar-refractivity contribution in [1.82, 2.24) is 5.09 Å². The third-order valence-electron chi connectivity index (χ3n) is 2.46. The molecule has 21 heavy (non-hydrogen) atoms. The van der Waals surface area contributed by atoms with Gasteiger partial charge in [-0.1, -0.05) is 40.8 Å². The summed E-state index contributed by atoms with van der Waals surface area (Å²) in [6, 6.07) is 8.54. The normalized spacial score (nSPS) is 17.0. The largest absolute Gasteiger partial charge is 0.422 e. The van der Waals surface area contributed by atoms with Crippen LogP contribution in [-0.4, -0.2) is 29.0 Å². The smallest absolute Gasteiger partial charge is 0.410 e. The zero-order valence-electron chi connectivity index (χ0n) is 11.8. The number of alkyl halides is 1. The van der Waals surface area contributed by atoms with Crippen LogP contribution in [0.5, 0.6) is 5.75 Å². The Kier molecular flexibility index (Phi) is 7.64. The molecular formula is C13H18ClINO4P. The Labute approximate surface area is 143 Å². The van der Waals surface area contributed by atoms with Crippen LogP contribution in [0.15, 0.2) is 30.3 Å². The number of benzene rings is 1. The molecule has 0 aliphatic carbocycles. The Morgan fingerprint density at radius 1 is 1.43 bits per heavy atom. The Balaban J connectivity index is 2.81. The first kappa shape index (κ1) is 18.9. The van der Waals surface area contributed by atoms with Gasteiger partial charge in [-0.3, -0.25) is 0 Å². The second-order valence-corrected chi connectivity index (χ2v) is 8.23. The van der Waals surface area contributed by atoms with Crippen molar-refractivity contribution in [3.63, 3.8) is 0 Å². The number of carbonyl (C=O) groups is 1. The Morgan fingerprint density at radius 2 is 2.05 bits per heavy atom. The van der Waals surface area contributed by atoms with Crippen molar-refractivity contribution in [2.75, 3.05) is 11.0 Å². The standard InChI is InChI=1S/C13H18ClINO4P/c1-11(2)19-10-13(8-15,9-17)16-21(14,18)20-12-6-4-3-5-7-12/h3-7,9,11H,8,10H2,1-2H3,(H,16,18)/t13-,21?/m0/s1. The van der Waals surface area contributed by atoms with Gasteiger partial charge >= 0.3 is 6.87 Å². The molecule has 0 radical (unpaired) electrons. The molecule has 1 N–H and O–H groups in total. The van der Waals surface area contributed by atoms with Crippen LogP contribution in [0.4, 0.5) is 0 Å². The predicted octanol–water partition coefficient (Wildman–Crippen LogP) is 3.80. The fraction of sp³-hybridized carbons (Fsp3) is 0.462. The highest BCUT2D eigenvalue weighted by atomic mass is 127. The maximum atomic E-state index is 12.4. The van der Waals surface area contributed by atoms with E-state index in [1.807, 2.05) is 36.4 Å². The first-order valence-corrected chi connectivity index (χ1v) is 10.4.